The quantitative estimate of drug-likeness (QED) is 0.498. The summed E-state index contributed by atoms with van der Waals surface area (Å²) in [5.74, 6) is -0.143. The summed E-state index contributed by atoms with van der Waals surface area (Å²) >= 11 is 0. The van der Waals surface area contributed by atoms with Crippen LogP contribution in [0.2, 0.25) is 0 Å². The Labute approximate surface area is 161 Å². The van der Waals surface area contributed by atoms with E-state index in [1.165, 1.54) is 38.2 Å². The lowest BCUT2D eigenvalue weighted by molar-refractivity contribution is 0.444. The molecule has 3 N–H and O–H groups in total. The molecule has 6 nitrogen and oxygen atoms in total. The number of rotatable bonds is 12. The fraction of sp³-hybridized carbons (Fsp3) is 0.524. The first-order valence-electron chi connectivity index (χ1n) is 9.82. The Morgan fingerprint density at radius 1 is 1.04 bits per heavy atom. The van der Waals surface area contributed by atoms with E-state index in [2.05, 4.69) is 15.6 Å². The number of hydrogen-bond donors (Lipinski definition) is 3. The number of aromatic nitrogens is 2. The Bertz CT molecular complexity index is 744. The second-order valence-electron chi connectivity index (χ2n) is 6.97. The molecule has 6 heteroatoms. The number of pyridine rings is 2. The van der Waals surface area contributed by atoms with Gasteiger partial charge in [0.05, 0.1) is 5.69 Å². The van der Waals surface area contributed by atoms with Gasteiger partial charge < -0.3 is 20.3 Å². The van der Waals surface area contributed by atoms with Crippen LogP contribution in [0.3, 0.4) is 0 Å². The predicted octanol–water partition coefficient (Wildman–Crippen LogP) is 3.34. The summed E-state index contributed by atoms with van der Waals surface area (Å²) in [5, 5.41) is 16.7. The minimum atomic E-state index is -0.305. The van der Waals surface area contributed by atoms with E-state index in [1.807, 2.05) is 30.7 Å². The molecule has 0 saturated carbocycles. The summed E-state index contributed by atoms with van der Waals surface area (Å²) in [4.78, 5) is 15.7. The van der Waals surface area contributed by atoms with Crippen LogP contribution in [0.4, 0.5) is 5.69 Å². The molecule has 0 amide bonds. The molecule has 0 unspecified atom stereocenters. The normalized spacial score (nSPS) is 10.9. The Morgan fingerprint density at radius 3 is 2.37 bits per heavy atom. The third-order valence-corrected chi connectivity index (χ3v) is 4.86. The van der Waals surface area contributed by atoms with Gasteiger partial charge in [0.2, 0.25) is 5.43 Å². The Morgan fingerprint density at radius 2 is 1.67 bits per heavy atom. The maximum Gasteiger partial charge on any atom is 0.223 e. The van der Waals surface area contributed by atoms with E-state index in [0.717, 1.165) is 30.9 Å². The van der Waals surface area contributed by atoms with Crippen molar-refractivity contribution >= 4 is 5.69 Å². The topological polar surface area (TPSA) is 79.2 Å². The number of anilines is 1. The van der Waals surface area contributed by atoms with Crippen molar-refractivity contribution < 1.29 is 5.11 Å². The van der Waals surface area contributed by atoms with Gasteiger partial charge in [-0.1, -0.05) is 25.7 Å². The lowest BCUT2D eigenvalue weighted by Crippen LogP contribution is -2.21. The minimum absolute atomic E-state index is 0.143. The standard InChI is InChI=1S/C21H32N4O2/c1-17-15-20(26)21(27)19(25(17)2)16-23-11-7-5-3-4-6-8-12-24-18-9-13-22-14-10-18/h9-10,13-15,23,27H,3-8,11-12,16H2,1-2H3,(H,22,24). The molecule has 27 heavy (non-hydrogen) atoms. The molecule has 2 heterocycles. The third-order valence-electron chi connectivity index (χ3n) is 4.86. The van der Waals surface area contributed by atoms with Gasteiger partial charge in [0.1, 0.15) is 0 Å². The van der Waals surface area contributed by atoms with Crippen molar-refractivity contribution in [2.24, 2.45) is 7.05 Å². The van der Waals surface area contributed by atoms with Crippen molar-refractivity contribution in [3.8, 4) is 5.75 Å². The zero-order valence-corrected chi connectivity index (χ0v) is 16.5. The van der Waals surface area contributed by atoms with Crippen molar-refractivity contribution in [3.05, 3.63) is 52.2 Å². The first kappa shape index (κ1) is 21.0. The van der Waals surface area contributed by atoms with Crippen molar-refractivity contribution in [1.29, 1.82) is 0 Å². The van der Waals surface area contributed by atoms with Crippen LogP contribution in [0.25, 0.3) is 0 Å². The molecule has 2 aromatic heterocycles. The molecule has 0 bridgehead atoms. The van der Waals surface area contributed by atoms with Crippen LogP contribution in [0.15, 0.2) is 35.4 Å². The van der Waals surface area contributed by atoms with Gasteiger partial charge in [-0.25, -0.2) is 0 Å². The van der Waals surface area contributed by atoms with Crippen LogP contribution in [0.1, 0.15) is 49.9 Å². The van der Waals surface area contributed by atoms with Gasteiger partial charge in [-0.05, 0) is 38.4 Å². The molecule has 0 saturated heterocycles. The van der Waals surface area contributed by atoms with Crippen LogP contribution in [0, 0.1) is 6.92 Å². The van der Waals surface area contributed by atoms with E-state index >= 15 is 0 Å². The first-order chi connectivity index (χ1) is 13.1. The molecule has 0 spiro atoms. The molecule has 0 aliphatic carbocycles. The molecular formula is C21H32N4O2. The summed E-state index contributed by atoms with van der Waals surface area (Å²) in [7, 11) is 1.87. The molecule has 0 fully saturated rings. The average molecular weight is 373 g/mol. The lowest BCUT2D eigenvalue weighted by Gasteiger charge is -2.14. The average Bonchev–Trinajstić information content (AvgIpc) is 2.67. The second-order valence-corrected chi connectivity index (χ2v) is 6.97. The Hall–Kier alpha value is -2.34. The highest BCUT2D eigenvalue weighted by Crippen LogP contribution is 2.12. The highest BCUT2D eigenvalue weighted by atomic mass is 16.3. The Balaban J connectivity index is 1.49. The lowest BCUT2D eigenvalue weighted by atomic mass is 10.1. The van der Waals surface area contributed by atoms with Gasteiger partial charge in [-0.3, -0.25) is 9.78 Å². The minimum Gasteiger partial charge on any atom is -0.503 e. The van der Waals surface area contributed by atoms with Crippen molar-refractivity contribution in [2.45, 2.75) is 52.0 Å². The van der Waals surface area contributed by atoms with E-state index in [1.54, 1.807) is 12.4 Å². The van der Waals surface area contributed by atoms with Crippen LogP contribution in [0.5, 0.6) is 5.75 Å². The maximum absolute atomic E-state index is 11.7. The third kappa shape index (κ3) is 7.06. The number of nitrogens with zero attached hydrogens (tertiary/aromatic N) is 2. The van der Waals surface area contributed by atoms with Gasteiger partial charge in [0, 0.05) is 50.0 Å². The molecule has 0 aliphatic heterocycles. The molecule has 0 aromatic carbocycles. The van der Waals surface area contributed by atoms with Crippen LogP contribution in [-0.4, -0.2) is 27.7 Å². The second kappa shape index (κ2) is 11.4. The summed E-state index contributed by atoms with van der Waals surface area (Å²) in [6.07, 6.45) is 10.8. The molecular weight excluding hydrogens is 340 g/mol. The largest absolute Gasteiger partial charge is 0.503 e. The molecule has 148 valence electrons. The van der Waals surface area contributed by atoms with Gasteiger partial charge in [0.15, 0.2) is 5.75 Å². The molecule has 2 aromatic rings. The number of nitrogens with one attached hydrogen (secondary N) is 2. The molecule has 0 aliphatic rings. The van der Waals surface area contributed by atoms with E-state index in [0.29, 0.717) is 12.2 Å². The van der Waals surface area contributed by atoms with Gasteiger partial charge in [-0.2, -0.15) is 0 Å². The first-order valence-corrected chi connectivity index (χ1v) is 9.82. The predicted molar refractivity (Wildman–Crippen MR) is 110 cm³/mol. The maximum atomic E-state index is 11.7. The molecule has 2 rings (SSSR count). The van der Waals surface area contributed by atoms with Gasteiger partial charge in [-0.15, -0.1) is 0 Å². The zero-order chi connectivity index (χ0) is 19.5. The van der Waals surface area contributed by atoms with E-state index in [-0.39, 0.29) is 11.2 Å². The molecule has 0 atom stereocenters. The van der Waals surface area contributed by atoms with E-state index in [9.17, 15) is 9.90 Å². The highest BCUT2D eigenvalue weighted by molar-refractivity contribution is 5.40. The fourth-order valence-corrected chi connectivity index (χ4v) is 3.06. The highest BCUT2D eigenvalue weighted by Gasteiger charge is 2.09. The van der Waals surface area contributed by atoms with Crippen molar-refractivity contribution in [2.75, 3.05) is 18.4 Å². The van der Waals surface area contributed by atoms with E-state index < -0.39 is 0 Å². The monoisotopic (exact) mass is 372 g/mol. The van der Waals surface area contributed by atoms with Gasteiger partial charge >= 0.3 is 0 Å². The number of aromatic hydroxyl groups is 1. The van der Waals surface area contributed by atoms with Crippen LogP contribution < -0.4 is 16.1 Å². The van der Waals surface area contributed by atoms with E-state index in [4.69, 9.17) is 0 Å². The summed E-state index contributed by atoms with van der Waals surface area (Å²) in [5.41, 5.74) is 2.34. The van der Waals surface area contributed by atoms with Gasteiger partial charge in [0.25, 0.3) is 0 Å². The van der Waals surface area contributed by atoms with Crippen LogP contribution >= 0.6 is 0 Å². The van der Waals surface area contributed by atoms with Crippen molar-refractivity contribution in [1.82, 2.24) is 14.9 Å². The van der Waals surface area contributed by atoms with Crippen molar-refractivity contribution in [3.63, 3.8) is 0 Å². The fourth-order valence-electron chi connectivity index (χ4n) is 3.06. The number of aryl methyl sites for hydroxylation is 1. The SMILES string of the molecule is Cc1cc(=O)c(O)c(CNCCCCCCCCNc2ccncc2)n1C. The summed E-state index contributed by atoms with van der Waals surface area (Å²) < 4.78 is 1.86. The Kier molecular flexibility index (Phi) is 8.84. The number of unbranched alkanes of at least 4 members (excludes halogenated alkanes) is 5. The summed E-state index contributed by atoms with van der Waals surface area (Å²) in [6.45, 7) is 4.28. The molecule has 0 radical (unpaired) electrons. The zero-order valence-electron chi connectivity index (χ0n) is 16.5. The summed E-state index contributed by atoms with van der Waals surface area (Å²) in [6, 6.07) is 5.44. The number of hydrogen-bond acceptors (Lipinski definition) is 5. The van der Waals surface area contributed by atoms with Crippen LogP contribution in [-0.2, 0) is 13.6 Å². The smallest absolute Gasteiger partial charge is 0.223 e.